The van der Waals surface area contributed by atoms with E-state index in [-0.39, 0.29) is 23.1 Å². The second kappa shape index (κ2) is 9.83. The van der Waals surface area contributed by atoms with Crippen LogP contribution < -0.4 is 21.9 Å². The van der Waals surface area contributed by atoms with Crippen LogP contribution in [0.1, 0.15) is 36.2 Å². The van der Waals surface area contributed by atoms with Gasteiger partial charge in [-0.3, -0.25) is 14.2 Å². The van der Waals surface area contributed by atoms with Crippen molar-refractivity contribution in [1.29, 1.82) is 0 Å². The van der Waals surface area contributed by atoms with E-state index in [1.54, 1.807) is 29.1 Å². The van der Waals surface area contributed by atoms with Crippen molar-refractivity contribution in [2.45, 2.75) is 37.8 Å². The molecule has 3 aromatic rings. The number of carbonyl (C=O) groups is 1. The van der Waals surface area contributed by atoms with Gasteiger partial charge in [0.1, 0.15) is 5.82 Å². The van der Waals surface area contributed by atoms with Crippen molar-refractivity contribution in [2.75, 3.05) is 24.7 Å². The molecular formula is C24H29N7O2. The molecule has 2 aromatic heterocycles. The molecule has 2 heterocycles. The molecule has 9 nitrogen and oxygen atoms in total. The van der Waals surface area contributed by atoms with Crippen LogP contribution >= 0.6 is 0 Å². The van der Waals surface area contributed by atoms with Gasteiger partial charge in [-0.2, -0.15) is 0 Å². The van der Waals surface area contributed by atoms with E-state index in [2.05, 4.69) is 39.6 Å². The number of anilines is 3. The SMILES string of the molecule is CN(C)[C@H]1CCCC[C@H]1Nc1cnc(C(N)=O)c(Nc2ccc(-n3ccccc3=O)cc2)n1. The molecule has 172 valence electrons. The van der Waals surface area contributed by atoms with Crippen molar-refractivity contribution < 1.29 is 4.79 Å². The number of rotatable bonds is 7. The third-order valence-electron chi connectivity index (χ3n) is 5.96. The lowest BCUT2D eigenvalue weighted by molar-refractivity contribution is 0.0996. The van der Waals surface area contributed by atoms with Gasteiger partial charge in [-0.15, -0.1) is 0 Å². The first kappa shape index (κ1) is 22.5. The van der Waals surface area contributed by atoms with Gasteiger partial charge >= 0.3 is 0 Å². The third kappa shape index (κ3) is 5.20. The predicted molar refractivity (Wildman–Crippen MR) is 129 cm³/mol. The number of amides is 1. The molecule has 2 atom stereocenters. The highest BCUT2D eigenvalue weighted by molar-refractivity contribution is 5.96. The van der Waals surface area contributed by atoms with E-state index in [1.807, 2.05) is 24.3 Å². The number of nitrogens with two attached hydrogens (primary N) is 1. The number of hydrogen-bond donors (Lipinski definition) is 3. The number of likely N-dealkylation sites (N-methyl/N-ethyl adjacent to an activating group) is 1. The number of hydrogen-bond acceptors (Lipinski definition) is 7. The van der Waals surface area contributed by atoms with E-state index in [0.717, 1.165) is 24.9 Å². The summed E-state index contributed by atoms with van der Waals surface area (Å²) in [5, 5.41) is 6.64. The van der Waals surface area contributed by atoms with Crippen LogP contribution in [-0.4, -0.2) is 51.5 Å². The molecule has 1 aromatic carbocycles. The average Bonchev–Trinajstić information content (AvgIpc) is 2.80. The van der Waals surface area contributed by atoms with E-state index >= 15 is 0 Å². The molecule has 4 rings (SSSR count). The van der Waals surface area contributed by atoms with Crippen molar-refractivity contribution in [3.05, 3.63) is 70.9 Å². The molecule has 1 fully saturated rings. The van der Waals surface area contributed by atoms with Gasteiger partial charge < -0.3 is 21.3 Å². The monoisotopic (exact) mass is 447 g/mol. The van der Waals surface area contributed by atoms with Gasteiger partial charge in [0.05, 0.1) is 6.20 Å². The Labute approximate surface area is 192 Å². The highest BCUT2D eigenvalue weighted by Crippen LogP contribution is 2.26. The molecule has 0 unspecified atom stereocenters. The van der Waals surface area contributed by atoms with Crippen LogP contribution in [0, 0.1) is 0 Å². The normalized spacial score (nSPS) is 18.2. The summed E-state index contributed by atoms with van der Waals surface area (Å²) in [6.45, 7) is 0. The van der Waals surface area contributed by atoms with E-state index in [4.69, 9.17) is 5.73 Å². The minimum Gasteiger partial charge on any atom is -0.364 e. The van der Waals surface area contributed by atoms with Crippen molar-refractivity contribution in [3.63, 3.8) is 0 Å². The standard InChI is InChI=1S/C24H29N7O2/c1-30(2)19-8-4-3-7-18(19)28-20-15-26-22(23(25)33)24(29-20)27-16-10-12-17(13-11-16)31-14-6-5-9-21(31)32/h5-6,9-15,18-19H,3-4,7-8H2,1-2H3,(H2,25,33)(H2,27,28,29)/t18-,19+/m1/s1. The zero-order chi connectivity index (χ0) is 23.4. The first-order chi connectivity index (χ1) is 15.9. The first-order valence-electron chi connectivity index (χ1n) is 11.1. The van der Waals surface area contributed by atoms with Crippen LogP contribution in [0.2, 0.25) is 0 Å². The largest absolute Gasteiger partial charge is 0.364 e. The molecule has 33 heavy (non-hydrogen) atoms. The zero-order valence-corrected chi connectivity index (χ0v) is 18.9. The molecule has 0 saturated heterocycles. The molecule has 1 aliphatic rings. The third-order valence-corrected chi connectivity index (χ3v) is 5.96. The van der Waals surface area contributed by atoms with Gasteiger partial charge in [0.2, 0.25) is 0 Å². The predicted octanol–water partition coefficient (Wildman–Crippen LogP) is 2.75. The molecule has 1 amide bonds. The lowest BCUT2D eigenvalue weighted by Gasteiger charge is -2.36. The van der Waals surface area contributed by atoms with Crippen LogP contribution in [0.4, 0.5) is 17.3 Å². The fraction of sp³-hybridized carbons (Fsp3) is 0.333. The Hall–Kier alpha value is -3.72. The highest BCUT2D eigenvalue weighted by Gasteiger charge is 2.27. The second-order valence-corrected chi connectivity index (χ2v) is 8.46. The van der Waals surface area contributed by atoms with Crippen LogP contribution in [-0.2, 0) is 0 Å². The number of pyridine rings is 1. The van der Waals surface area contributed by atoms with E-state index in [1.165, 1.54) is 12.5 Å². The number of nitrogens with zero attached hydrogens (tertiary/aromatic N) is 4. The maximum atomic E-state index is 12.0. The Morgan fingerprint density at radius 1 is 1.12 bits per heavy atom. The Kier molecular flexibility index (Phi) is 6.69. The van der Waals surface area contributed by atoms with Gasteiger partial charge in [-0.25, -0.2) is 9.97 Å². The molecule has 0 radical (unpaired) electrons. The Morgan fingerprint density at radius 3 is 2.58 bits per heavy atom. The second-order valence-electron chi connectivity index (χ2n) is 8.46. The highest BCUT2D eigenvalue weighted by atomic mass is 16.1. The van der Waals surface area contributed by atoms with Crippen LogP contribution in [0.3, 0.4) is 0 Å². The summed E-state index contributed by atoms with van der Waals surface area (Å²) in [5.74, 6) is 0.218. The number of primary amides is 1. The van der Waals surface area contributed by atoms with Gasteiger partial charge in [-0.05, 0) is 57.3 Å². The van der Waals surface area contributed by atoms with Crippen molar-refractivity contribution in [1.82, 2.24) is 19.4 Å². The minimum atomic E-state index is -0.659. The lowest BCUT2D eigenvalue weighted by atomic mass is 9.89. The lowest BCUT2D eigenvalue weighted by Crippen LogP contribution is -2.45. The van der Waals surface area contributed by atoms with Crippen molar-refractivity contribution in [3.8, 4) is 5.69 Å². The Morgan fingerprint density at radius 2 is 1.88 bits per heavy atom. The van der Waals surface area contributed by atoms with E-state index in [9.17, 15) is 9.59 Å². The van der Waals surface area contributed by atoms with E-state index < -0.39 is 5.91 Å². The van der Waals surface area contributed by atoms with Gasteiger partial charge in [0, 0.05) is 35.7 Å². The van der Waals surface area contributed by atoms with Gasteiger partial charge in [-0.1, -0.05) is 18.9 Å². The summed E-state index contributed by atoms with van der Waals surface area (Å²) in [6.07, 6.45) is 7.81. The molecule has 0 spiro atoms. The molecule has 1 saturated carbocycles. The number of nitrogens with one attached hydrogen (secondary N) is 2. The Bertz CT molecular complexity index is 1170. The maximum Gasteiger partial charge on any atom is 0.271 e. The number of carbonyl (C=O) groups excluding carboxylic acids is 1. The smallest absolute Gasteiger partial charge is 0.271 e. The molecule has 1 aliphatic carbocycles. The van der Waals surface area contributed by atoms with Crippen LogP contribution in [0.5, 0.6) is 0 Å². The number of aromatic nitrogens is 3. The van der Waals surface area contributed by atoms with Gasteiger partial charge in [0.25, 0.3) is 11.5 Å². The van der Waals surface area contributed by atoms with Crippen LogP contribution in [0.15, 0.2) is 59.7 Å². The summed E-state index contributed by atoms with van der Waals surface area (Å²) in [4.78, 5) is 35.1. The fourth-order valence-corrected chi connectivity index (χ4v) is 4.30. The van der Waals surface area contributed by atoms with E-state index in [0.29, 0.717) is 17.5 Å². The Balaban J connectivity index is 1.57. The molecule has 4 N–H and O–H groups in total. The molecule has 0 bridgehead atoms. The summed E-state index contributed by atoms with van der Waals surface area (Å²) >= 11 is 0. The van der Waals surface area contributed by atoms with Gasteiger partial charge in [0.15, 0.2) is 11.5 Å². The summed E-state index contributed by atoms with van der Waals surface area (Å²) in [5.41, 5.74) is 6.91. The molecule has 0 aliphatic heterocycles. The molecule has 9 heteroatoms. The van der Waals surface area contributed by atoms with Crippen LogP contribution in [0.25, 0.3) is 5.69 Å². The number of benzene rings is 1. The van der Waals surface area contributed by atoms with Crippen molar-refractivity contribution >= 4 is 23.2 Å². The summed E-state index contributed by atoms with van der Waals surface area (Å²) in [7, 11) is 4.18. The quantitative estimate of drug-likeness (QED) is 0.510. The minimum absolute atomic E-state index is 0.0664. The summed E-state index contributed by atoms with van der Waals surface area (Å²) in [6, 6.07) is 12.9. The average molecular weight is 448 g/mol. The summed E-state index contributed by atoms with van der Waals surface area (Å²) < 4.78 is 1.55. The zero-order valence-electron chi connectivity index (χ0n) is 18.9. The molecular weight excluding hydrogens is 418 g/mol. The fourth-order valence-electron chi connectivity index (χ4n) is 4.30. The first-order valence-corrected chi connectivity index (χ1v) is 11.1. The maximum absolute atomic E-state index is 12.0. The van der Waals surface area contributed by atoms with Crippen molar-refractivity contribution in [2.24, 2.45) is 5.73 Å². The topological polar surface area (TPSA) is 118 Å².